The Kier molecular flexibility index (Phi) is 11.6. The number of amides is 1. The van der Waals surface area contributed by atoms with Gasteiger partial charge in [-0.1, -0.05) is 77.8 Å². The van der Waals surface area contributed by atoms with E-state index in [1.165, 1.54) is 0 Å². The molecule has 3 heterocycles. The number of carbonyl (C=O) groups excluding carboxylic acids is 1. The molecule has 13 heteroatoms. The largest absolute Gasteiger partial charge is 0.489 e. The number of H-pyrrole nitrogens is 1. The predicted octanol–water partition coefficient (Wildman–Crippen LogP) is 8.65. The Morgan fingerprint density at radius 1 is 0.949 bits per heavy atom. The fourth-order valence-electron chi connectivity index (χ4n) is 7.50. The molecule has 0 spiro atoms. The van der Waals surface area contributed by atoms with E-state index < -0.39 is 24.0 Å². The van der Waals surface area contributed by atoms with Crippen molar-refractivity contribution in [2.24, 2.45) is 0 Å². The number of hydrogen-bond acceptors (Lipinski definition) is 8. The third kappa shape index (κ3) is 8.91. The second kappa shape index (κ2) is 17.3. The van der Waals surface area contributed by atoms with Gasteiger partial charge >= 0.3 is 5.97 Å². The van der Waals surface area contributed by atoms with Crippen molar-refractivity contribution in [1.29, 1.82) is 5.26 Å². The summed E-state index contributed by atoms with van der Waals surface area (Å²) < 4.78 is 18.7. The summed E-state index contributed by atoms with van der Waals surface area (Å²) >= 11 is 12.2. The first-order valence-electron chi connectivity index (χ1n) is 19.1. The summed E-state index contributed by atoms with van der Waals surface area (Å²) in [5.74, 6) is 1.04. The van der Waals surface area contributed by atoms with Gasteiger partial charge in [-0.2, -0.15) is 5.26 Å². The molecule has 0 radical (unpaired) electrons. The molecule has 0 fully saturated rings. The van der Waals surface area contributed by atoms with Crippen LogP contribution in [0.2, 0.25) is 10.0 Å². The zero-order valence-corrected chi connectivity index (χ0v) is 33.4. The molecule has 0 saturated carbocycles. The van der Waals surface area contributed by atoms with Gasteiger partial charge in [0.05, 0.1) is 33.8 Å². The lowest BCUT2D eigenvalue weighted by molar-refractivity contribution is -0.143. The van der Waals surface area contributed by atoms with E-state index in [0.29, 0.717) is 58.3 Å². The monoisotopic (exact) mass is 827 g/mol. The minimum Gasteiger partial charge on any atom is -0.489 e. The average Bonchev–Trinajstić information content (AvgIpc) is 3.81. The van der Waals surface area contributed by atoms with Gasteiger partial charge in [0.25, 0.3) is 0 Å². The topological polar surface area (TPSA) is 150 Å². The molecule has 5 aromatic carbocycles. The Balaban J connectivity index is 0.962. The molecule has 298 valence electrons. The minimum absolute atomic E-state index is 0.0973. The quantitative estimate of drug-likeness (QED) is 0.110. The molecule has 1 amide bonds. The number of aromatic amines is 1. The predicted molar refractivity (Wildman–Crippen MR) is 222 cm³/mol. The molecule has 8 rings (SSSR count). The van der Waals surface area contributed by atoms with Gasteiger partial charge in [-0.3, -0.25) is 9.69 Å². The number of aliphatic carboxylic acids is 1. The number of aromatic nitrogens is 2. The molecule has 4 atom stereocenters. The van der Waals surface area contributed by atoms with Gasteiger partial charge in [0.1, 0.15) is 30.8 Å². The van der Waals surface area contributed by atoms with Gasteiger partial charge in [-0.25, -0.2) is 9.78 Å². The summed E-state index contributed by atoms with van der Waals surface area (Å²) in [6, 6.07) is 31.7. The van der Waals surface area contributed by atoms with Crippen LogP contribution in [0, 0.1) is 11.3 Å². The molecule has 3 N–H and O–H groups in total. The van der Waals surface area contributed by atoms with Gasteiger partial charge in [0.2, 0.25) is 5.91 Å². The zero-order chi connectivity index (χ0) is 41.0. The second-order valence-corrected chi connectivity index (χ2v) is 15.4. The zero-order valence-electron chi connectivity index (χ0n) is 31.9. The lowest BCUT2D eigenvalue weighted by atomic mass is 9.91. The first kappa shape index (κ1) is 39.5. The van der Waals surface area contributed by atoms with Crippen molar-refractivity contribution >= 4 is 35.1 Å². The number of carbonyl (C=O) groups is 2. The fraction of sp³-hybridized carbons (Fsp3) is 0.217. The number of nitriles is 1. The Morgan fingerprint density at radius 2 is 1.66 bits per heavy atom. The standard InChI is InChI=1S/C46H39Cl2N5O6/c1-27(44-50-16-17-51-44)53-24-35-22-42-41(58-26-43(59-42)33-11-13-36(14-12-33)57-25-30-6-15-37(47)38(48)18-30)21-34(35)20-40(53)45(54)52-39(46(55)56)19-28-2-7-31(8-3-28)32-9-4-29(23-49)5-10-32/h2-18,21-22,27,39-40,43H,19-20,24-26H2,1H3,(H,50,51)(H,52,54)(H,55,56)/t27?,39?,40-,43+/m0/s1. The van der Waals surface area contributed by atoms with E-state index in [0.717, 1.165) is 38.9 Å². The molecule has 0 bridgehead atoms. The van der Waals surface area contributed by atoms with E-state index in [1.807, 2.05) is 90.7 Å². The Hall–Kier alpha value is -6.32. The lowest BCUT2D eigenvalue weighted by Crippen LogP contribution is -2.55. The average molecular weight is 829 g/mol. The van der Waals surface area contributed by atoms with Gasteiger partial charge in [0.15, 0.2) is 17.6 Å². The highest BCUT2D eigenvalue weighted by atomic mass is 35.5. The van der Waals surface area contributed by atoms with Crippen molar-refractivity contribution in [3.05, 3.63) is 165 Å². The normalized spacial score (nSPS) is 16.9. The first-order valence-corrected chi connectivity index (χ1v) is 19.9. The summed E-state index contributed by atoms with van der Waals surface area (Å²) in [6.07, 6.45) is 3.47. The number of carboxylic acid groups (broad SMARTS) is 1. The Morgan fingerprint density at radius 3 is 2.34 bits per heavy atom. The molecule has 11 nitrogen and oxygen atoms in total. The van der Waals surface area contributed by atoms with Crippen molar-refractivity contribution in [2.45, 2.75) is 57.1 Å². The molecule has 2 aliphatic rings. The van der Waals surface area contributed by atoms with Crippen LogP contribution in [-0.4, -0.2) is 50.5 Å². The summed E-state index contributed by atoms with van der Waals surface area (Å²) in [5, 5.41) is 23.2. The van der Waals surface area contributed by atoms with Crippen LogP contribution in [0.25, 0.3) is 11.1 Å². The number of rotatable bonds is 12. The van der Waals surface area contributed by atoms with Crippen molar-refractivity contribution in [1.82, 2.24) is 20.2 Å². The Labute approximate surface area is 351 Å². The molecular formula is C46H39Cl2N5O6. The van der Waals surface area contributed by atoms with Crippen LogP contribution in [0.5, 0.6) is 17.2 Å². The number of imidazole rings is 1. The van der Waals surface area contributed by atoms with E-state index in [9.17, 15) is 14.7 Å². The van der Waals surface area contributed by atoms with Crippen LogP contribution in [0.15, 0.2) is 116 Å². The van der Waals surface area contributed by atoms with Gasteiger partial charge in [-0.15, -0.1) is 0 Å². The van der Waals surface area contributed by atoms with Crippen molar-refractivity contribution < 1.29 is 28.9 Å². The van der Waals surface area contributed by atoms with E-state index in [2.05, 4.69) is 21.4 Å². The molecule has 0 saturated heterocycles. The molecular weight excluding hydrogens is 789 g/mol. The molecule has 0 aliphatic carbocycles. The number of halogens is 2. The van der Waals surface area contributed by atoms with Crippen LogP contribution < -0.4 is 19.5 Å². The highest BCUT2D eigenvalue weighted by molar-refractivity contribution is 6.42. The third-order valence-corrected chi connectivity index (χ3v) is 11.5. The number of benzene rings is 5. The maximum atomic E-state index is 14.2. The summed E-state index contributed by atoms with van der Waals surface area (Å²) in [5.41, 5.74) is 6.92. The number of carboxylic acids is 1. The van der Waals surface area contributed by atoms with Crippen LogP contribution in [0.1, 0.15) is 58.3 Å². The van der Waals surface area contributed by atoms with Gasteiger partial charge < -0.3 is 29.6 Å². The van der Waals surface area contributed by atoms with Crippen LogP contribution in [0.4, 0.5) is 0 Å². The first-order chi connectivity index (χ1) is 28.6. The SMILES string of the molecule is CC(c1ncc[nH]1)N1Cc2cc3c(cc2C[C@H]1C(=O)NC(Cc1ccc(-c2ccc(C#N)cc2)cc1)C(=O)O)OC[C@H](c1ccc(OCc2ccc(Cl)c(Cl)c2)cc1)O3. The fourth-order valence-corrected chi connectivity index (χ4v) is 7.82. The van der Waals surface area contributed by atoms with E-state index in [-0.39, 0.29) is 25.2 Å². The molecule has 59 heavy (non-hydrogen) atoms. The van der Waals surface area contributed by atoms with Gasteiger partial charge in [-0.05, 0) is 101 Å². The third-order valence-electron chi connectivity index (χ3n) is 10.8. The number of nitrogens with one attached hydrogen (secondary N) is 2. The summed E-state index contributed by atoms with van der Waals surface area (Å²) in [4.78, 5) is 36.4. The van der Waals surface area contributed by atoms with E-state index in [1.54, 1.807) is 36.7 Å². The second-order valence-electron chi connectivity index (χ2n) is 14.6. The van der Waals surface area contributed by atoms with Crippen LogP contribution in [0.3, 0.4) is 0 Å². The Bertz CT molecular complexity index is 2510. The number of hydrogen-bond donors (Lipinski definition) is 3. The van der Waals surface area contributed by atoms with E-state index >= 15 is 0 Å². The van der Waals surface area contributed by atoms with Crippen molar-refractivity contribution in [3.8, 4) is 34.4 Å². The highest BCUT2D eigenvalue weighted by Gasteiger charge is 2.38. The maximum absolute atomic E-state index is 14.2. The van der Waals surface area contributed by atoms with Crippen LogP contribution >= 0.6 is 23.2 Å². The van der Waals surface area contributed by atoms with Crippen molar-refractivity contribution in [2.75, 3.05) is 6.61 Å². The molecule has 6 aromatic rings. The maximum Gasteiger partial charge on any atom is 0.326 e. The minimum atomic E-state index is -1.16. The van der Waals surface area contributed by atoms with Gasteiger partial charge in [0, 0.05) is 25.4 Å². The van der Waals surface area contributed by atoms with E-state index in [4.69, 9.17) is 42.7 Å². The van der Waals surface area contributed by atoms with Crippen LogP contribution in [-0.2, 0) is 35.6 Å². The molecule has 2 unspecified atom stereocenters. The smallest absolute Gasteiger partial charge is 0.326 e. The summed E-state index contributed by atoms with van der Waals surface area (Å²) in [7, 11) is 0. The number of nitrogens with zero attached hydrogens (tertiary/aromatic N) is 3. The molecule has 1 aromatic heterocycles. The number of ether oxygens (including phenoxy) is 3. The lowest BCUT2D eigenvalue weighted by Gasteiger charge is -2.40. The summed E-state index contributed by atoms with van der Waals surface area (Å²) in [6.45, 7) is 2.99. The van der Waals surface area contributed by atoms with Crippen molar-refractivity contribution in [3.63, 3.8) is 0 Å². The molecule has 2 aliphatic heterocycles. The number of fused-ring (bicyclic) bond motifs is 2. The highest BCUT2D eigenvalue weighted by Crippen LogP contribution is 2.42.